The lowest BCUT2D eigenvalue weighted by atomic mass is 10.1. The number of phenols is 1. The third kappa shape index (κ3) is 3.27. The number of ether oxygens (including phenoxy) is 1. The monoisotopic (exact) mass is 272 g/mol. The zero-order chi connectivity index (χ0) is 12.3. The molecule has 0 saturated carbocycles. The van der Waals surface area contributed by atoms with Gasteiger partial charge in [0, 0.05) is 12.6 Å². The summed E-state index contributed by atoms with van der Waals surface area (Å²) in [4.78, 5) is 11.9. The summed E-state index contributed by atoms with van der Waals surface area (Å²) in [7, 11) is 1.52. The van der Waals surface area contributed by atoms with Crippen molar-refractivity contribution in [2.75, 3.05) is 20.2 Å². The van der Waals surface area contributed by atoms with Crippen LogP contribution < -0.4 is 15.4 Å². The zero-order valence-electron chi connectivity index (χ0n) is 10.1. The van der Waals surface area contributed by atoms with Gasteiger partial charge in [-0.25, -0.2) is 0 Å². The van der Waals surface area contributed by atoms with E-state index < -0.39 is 0 Å². The molecule has 1 aliphatic rings. The highest BCUT2D eigenvalue weighted by Gasteiger charge is 2.19. The Hall–Kier alpha value is -1.46. The highest BCUT2D eigenvalue weighted by molar-refractivity contribution is 5.97. The molecular formula is C12H17ClN2O3. The summed E-state index contributed by atoms with van der Waals surface area (Å²) in [6, 6.07) is 4.74. The number of hydrogen-bond donors (Lipinski definition) is 3. The summed E-state index contributed by atoms with van der Waals surface area (Å²) in [5.74, 6) is 0.252. The molecule has 3 N–H and O–H groups in total. The first-order valence-corrected chi connectivity index (χ1v) is 5.59. The van der Waals surface area contributed by atoms with Gasteiger partial charge in [-0.1, -0.05) is 0 Å². The first-order valence-electron chi connectivity index (χ1n) is 5.59. The molecule has 6 heteroatoms. The van der Waals surface area contributed by atoms with Crippen molar-refractivity contribution in [2.24, 2.45) is 0 Å². The normalized spacial score (nSPS) is 17.9. The molecule has 100 valence electrons. The van der Waals surface area contributed by atoms with Gasteiger partial charge in [-0.15, -0.1) is 12.4 Å². The molecule has 0 aromatic heterocycles. The summed E-state index contributed by atoms with van der Waals surface area (Å²) < 4.78 is 5.03. The van der Waals surface area contributed by atoms with Crippen LogP contribution in [0.15, 0.2) is 18.2 Å². The predicted octanol–water partition coefficient (Wildman–Crippen LogP) is 0.914. The minimum Gasteiger partial charge on any atom is -0.507 e. The van der Waals surface area contributed by atoms with E-state index in [0.717, 1.165) is 19.5 Å². The SMILES string of the molecule is COc1ccc(O)c(C(=O)NC2CCNC2)c1.Cl. The van der Waals surface area contributed by atoms with Crippen LogP contribution in [-0.4, -0.2) is 37.3 Å². The maximum atomic E-state index is 11.9. The molecule has 0 aliphatic carbocycles. The molecule has 1 unspecified atom stereocenters. The summed E-state index contributed by atoms with van der Waals surface area (Å²) in [5, 5.41) is 15.7. The van der Waals surface area contributed by atoms with Gasteiger partial charge in [0.15, 0.2) is 0 Å². The Labute approximate surface area is 112 Å². The third-order valence-corrected chi connectivity index (χ3v) is 2.84. The van der Waals surface area contributed by atoms with Gasteiger partial charge < -0.3 is 20.5 Å². The van der Waals surface area contributed by atoms with E-state index in [9.17, 15) is 9.90 Å². The number of carbonyl (C=O) groups excluding carboxylic acids is 1. The van der Waals surface area contributed by atoms with Gasteiger partial charge in [-0.3, -0.25) is 4.79 Å². The van der Waals surface area contributed by atoms with Crippen molar-refractivity contribution in [1.29, 1.82) is 0 Å². The topological polar surface area (TPSA) is 70.6 Å². The predicted molar refractivity (Wildman–Crippen MR) is 70.6 cm³/mol. The maximum absolute atomic E-state index is 11.9. The summed E-state index contributed by atoms with van der Waals surface area (Å²) >= 11 is 0. The van der Waals surface area contributed by atoms with Crippen molar-refractivity contribution in [2.45, 2.75) is 12.5 Å². The Morgan fingerprint density at radius 3 is 2.94 bits per heavy atom. The molecule has 1 fully saturated rings. The van der Waals surface area contributed by atoms with E-state index in [1.807, 2.05) is 0 Å². The van der Waals surface area contributed by atoms with Crippen LogP contribution in [0.4, 0.5) is 0 Å². The van der Waals surface area contributed by atoms with Crippen LogP contribution in [0.5, 0.6) is 11.5 Å². The van der Waals surface area contributed by atoms with Crippen LogP contribution in [0, 0.1) is 0 Å². The first-order chi connectivity index (χ1) is 8.20. The fraction of sp³-hybridized carbons (Fsp3) is 0.417. The van der Waals surface area contributed by atoms with Gasteiger partial charge in [-0.2, -0.15) is 0 Å². The van der Waals surface area contributed by atoms with Gasteiger partial charge >= 0.3 is 0 Å². The van der Waals surface area contributed by atoms with Crippen LogP contribution in [0.2, 0.25) is 0 Å². The molecule has 18 heavy (non-hydrogen) atoms. The Morgan fingerprint density at radius 1 is 1.56 bits per heavy atom. The Bertz CT molecular complexity index is 420. The number of phenolic OH excluding ortho intramolecular Hbond substituents is 1. The molecule has 1 aliphatic heterocycles. The average molecular weight is 273 g/mol. The molecule has 1 saturated heterocycles. The van der Waals surface area contributed by atoms with Gasteiger partial charge in [0.2, 0.25) is 0 Å². The van der Waals surface area contributed by atoms with Gasteiger partial charge in [0.05, 0.1) is 12.7 Å². The molecule has 5 nitrogen and oxygen atoms in total. The van der Waals surface area contributed by atoms with Gasteiger partial charge in [-0.05, 0) is 31.2 Å². The van der Waals surface area contributed by atoms with E-state index >= 15 is 0 Å². The van der Waals surface area contributed by atoms with Crippen molar-refractivity contribution >= 4 is 18.3 Å². The first kappa shape index (κ1) is 14.6. The van der Waals surface area contributed by atoms with Crippen molar-refractivity contribution in [3.8, 4) is 11.5 Å². The van der Waals surface area contributed by atoms with E-state index in [2.05, 4.69) is 10.6 Å². The zero-order valence-corrected chi connectivity index (χ0v) is 10.9. The minimum atomic E-state index is -0.268. The smallest absolute Gasteiger partial charge is 0.255 e. The third-order valence-electron chi connectivity index (χ3n) is 2.84. The Kier molecular flexibility index (Phi) is 5.25. The molecule has 0 radical (unpaired) electrons. The number of carbonyl (C=O) groups is 1. The minimum absolute atomic E-state index is 0. The second-order valence-electron chi connectivity index (χ2n) is 4.05. The van der Waals surface area contributed by atoms with Crippen LogP contribution in [-0.2, 0) is 0 Å². The number of amides is 1. The summed E-state index contributed by atoms with van der Waals surface area (Å²) in [5.41, 5.74) is 0.247. The van der Waals surface area contributed by atoms with E-state index in [1.54, 1.807) is 6.07 Å². The summed E-state index contributed by atoms with van der Waals surface area (Å²) in [6.45, 7) is 1.69. The quantitative estimate of drug-likeness (QED) is 0.765. The number of nitrogens with one attached hydrogen (secondary N) is 2. The average Bonchev–Trinajstić information content (AvgIpc) is 2.82. The number of benzene rings is 1. The largest absolute Gasteiger partial charge is 0.507 e. The molecule has 0 spiro atoms. The lowest BCUT2D eigenvalue weighted by Crippen LogP contribution is -2.36. The molecule has 1 amide bonds. The second-order valence-corrected chi connectivity index (χ2v) is 4.05. The lowest BCUT2D eigenvalue weighted by Gasteiger charge is -2.12. The van der Waals surface area contributed by atoms with Crippen molar-refractivity contribution in [3.05, 3.63) is 23.8 Å². The van der Waals surface area contributed by atoms with Gasteiger partial charge in [0.1, 0.15) is 11.5 Å². The van der Waals surface area contributed by atoms with Crippen molar-refractivity contribution < 1.29 is 14.6 Å². The van der Waals surface area contributed by atoms with Gasteiger partial charge in [0.25, 0.3) is 5.91 Å². The maximum Gasteiger partial charge on any atom is 0.255 e. The highest BCUT2D eigenvalue weighted by atomic mass is 35.5. The molecule has 1 atom stereocenters. The number of hydrogen-bond acceptors (Lipinski definition) is 4. The molecule has 1 heterocycles. The van der Waals surface area contributed by atoms with Crippen LogP contribution in [0.3, 0.4) is 0 Å². The molecule has 1 aromatic rings. The molecule has 0 bridgehead atoms. The van der Waals surface area contributed by atoms with Crippen LogP contribution in [0.1, 0.15) is 16.8 Å². The Morgan fingerprint density at radius 2 is 2.33 bits per heavy atom. The van der Waals surface area contributed by atoms with Crippen LogP contribution >= 0.6 is 12.4 Å². The molecular weight excluding hydrogens is 256 g/mol. The van der Waals surface area contributed by atoms with E-state index in [-0.39, 0.29) is 35.7 Å². The van der Waals surface area contributed by atoms with E-state index in [4.69, 9.17) is 4.74 Å². The number of rotatable bonds is 3. The van der Waals surface area contributed by atoms with Crippen LogP contribution in [0.25, 0.3) is 0 Å². The Balaban J connectivity index is 0.00000162. The lowest BCUT2D eigenvalue weighted by molar-refractivity contribution is 0.0937. The van der Waals surface area contributed by atoms with E-state index in [0.29, 0.717) is 5.75 Å². The summed E-state index contributed by atoms with van der Waals surface area (Å²) in [6.07, 6.45) is 0.913. The number of aromatic hydroxyl groups is 1. The molecule has 1 aromatic carbocycles. The highest BCUT2D eigenvalue weighted by Crippen LogP contribution is 2.22. The fourth-order valence-electron chi connectivity index (χ4n) is 1.86. The second kappa shape index (κ2) is 6.47. The van der Waals surface area contributed by atoms with Crippen molar-refractivity contribution in [3.63, 3.8) is 0 Å². The number of halogens is 1. The van der Waals surface area contributed by atoms with E-state index in [1.165, 1.54) is 19.2 Å². The van der Waals surface area contributed by atoms with Crippen molar-refractivity contribution in [1.82, 2.24) is 10.6 Å². The fourth-order valence-corrected chi connectivity index (χ4v) is 1.86. The standard InChI is InChI=1S/C12H16N2O3.ClH/c1-17-9-2-3-11(15)10(6-9)12(16)14-8-4-5-13-7-8;/h2-3,6,8,13,15H,4-5,7H2,1H3,(H,14,16);1H. The molecule has 2 rings (SSSR count). The number of methoxy groups -OCH3 is 1.